The van der Waals surface area contributed by atoms with Crippen LogP contribution in [0.4, 0.5) is 0 Å². The van der Waals surface area contributed by atoms with Gasteiger partial charge in [-0.2, -0.15) is 0 Å². The normalized spacial score (nSPS) is 11.0. The van der Waals surface area contributed by atoms with Crippen LogP contribution in [0.5, 0.6) is 5.75 Å². The first kappa shape index (κ1) is 20.0. The van der Waals surface area contributed by atoms with Gasteiger partial charge in [0.25, 0.3) is 0 Å². The zero-order valence-electron chi connectivity index (χ0n) is 16.1. The maximum atomic E-state index is 12.1. The molecule has 1 aromatic heterocycles. The number of carbonyl (C=O) groups excluding carboxylic acids is 2. The number of aromatic nitrogens is 1. The quantitative estimate of drug-likeness (QED) is 0.415. The first-order valence-electron chi connectivity index (χ1n) is 9.01. The Morgan fingerprint density at radius 2 is 2.04 bits per heavy atom. The Morgan fingerprint density at radius 3 is 2.71 bits per heavy atom. The van der Waals surface area contributed by atoms with Crippen LogP contribution in [0.3, 0.4) is 0 Å². The molecule has 0 bridgehead atoms. The fourth-order valence-electron chi connectivity index (χ4n) is 3.14. The van der Waals surface area contributed by atoms with E-state index in [-0.39, 0.29) is 0 Å². The fraction of sp³-hybridized carbons (Fsp3) is 0.273. The van der Waals surface area contributed by atoms with Crippen molar-refractivity contribution in [3.63, 3.8) is 0 Å². The second kappa shape index (κ2) is 8.48. The Bertz CT molecular complexity index is 1020. The Kier molecular flexibility index (Phi) is 6.05. The summed E-state index contributed by atoms with van der Waals surface area (Å²) >= 11 is 6.20. The van der Waals surface area contributed by atoms with E-state index in [9.17, 15) is 9.59 Å². The van der Waals surface area contributed by atoms with E-state index in [0.29, 0.717) is 40.6 Å². The van der Waals surface area contributed by atoms with Gasteiger partial charge in [-0.15, -0.1) is 0 Å². The number of ether oxygens (including phenoxy) is 2. The topological polar surface area (TPSA) is 57.5 Å². The van der Waals surface area contributed by atoms with E-state index in [1.165, 1.54) is 7.11 Å². The van der Waals surface area contributed by atoms with Gasteiger partial charge in [-0.25, -0.2) is 4.79 Å². The number of aldehydes is 1. The summed E-state index contributed by atoms with van der Waals surface area (Å²) in [6.45, 7) is 5.20. The van der Waals surface area contributed by atoms with Gasteiger partial charge >= 0.3 is 5.97 Å². The number of hydrogen-bond donors (Lipinski definition) is 0. The van der Waals surface area contributed by atoms with Crippen molar-refractivity contribution in [3.8, 4) is 5.75 Å². The lowest BCUT2D eigenvalue weighted by molar-refractivity contribution is 0.0603. The van der Waals surface area contributed by atoms with E-state index in [0.717, 1.165) is 23.1 Å². The molecular formula is C22H22ClNO4. The van der Waals surface area contributed by atoms with Crippen LogP contribution in [0.2, 0.25) is 5.02 Å². The minimum atomic E-state index is -0.477. The van der Waals surface area contributed by atoms with Crippen molar-refractivity contribution in [2.45, 2.75) is 20.4 Å². The number of halogens is 1. The van der Waals surface area contributed by atoms with Crippen LogP contribution < -0.4 is 4.74 Å². The van der Waals surface area contributed by atoms with Gasteiger partial charge in [-0.05, 0) is 36.2 Å². The predicted molar refractivity (Wildman–Crippen MR) is 110 cm³/mol. The standard InChI is InChI=1S/C22H22ClNO4/c1-14(2)13-28-20-8-7-17(23)9-15(20)10-24-11-16(12-25)21-18(22(26)27-3)5-4-6-19(21)24/h4-9,11-12,14H,10,13H2,1-3H3. The van der Waals surface area contributed by atoms with Crippen molar-refractivity contribution in [3.05, 3.63) is 64.3 Å². The molecule has 2 aromatic carbocycles. The number of fused-ring (bicyclic) bond motifs is 1. The SMILES string of the molecule is COC(=O)c1cccc2c1c(C=O)cn2Cc1cc(Cl)ccc1OCC(C)C. The van der Waals surface area contributed by atoms with Crippen molar-refractivity contribution in [2.24, 2.45) is 5.92 Å². The van der Waals surface area contributed by atoms with E-state index in [1.807, 2.05) is 22.8 Å². The van der Waals surface area contributed by atoms with Crippen molar-refractivity contribution < 1.29 is 19.1 Å². The molecule has 0 unspecified atom stereocenters. The number of esters is 1. The molecule has 3 aromatic rings. The van der Waals surface area contributed by atoms with Crippen LogP contribution in [0.25, 0.3) is 10.9 Å². The van der Waals surface area contributed by atoms with Gasteiger partial charge in [0, 0.05) is 33.2 Å². The molecule has 0 aliphatic carbocycles. The average Bonchev–Trinajstić information content (AvgIpc) is 3.04. The Labute approximate surface area is 168 Å². The van der Waals surface area contributed by atoms with Crippen LogP contribution in [0.15, 0.2) is 42.6 Å². The number of rotatable bonds is 7. The Hall–Kier alpha value is -2.79. The predicted octanol–water partition coefficient (Wildman–Crippen LogP) is 4.98. The Balaban J connectivity index is 2.08. The molecule has 1 heterocycles. The second-order valence-corrected chi connectivity index (χ2v) is 7.41. The van der Waals surface area contributed by atoms with Crippen LogP contribution in [0.1, 0.15) is 40.1 Å². The lowest BCUT2D eigenvalue weighted by Crippen LogP contribution is -2.08. The maximum Gasteiger partial charge on any atom is 0.338 e. The zero-order chi connectivity index (χ0) is 20.3. The molecule has 0 aliphatic heterocycles. The highest BCUT2D eigenvalue weighted by Gasteiger charge is 2.18. The first-order valence-corrected chi connectivity index (χ1v) is 9.39. The molecular weight excluding hydrogens is 378 g/mol. The van der Waals surface area contributed by atoms with Crippen molar-refractivity contribution in [1.82, 2.24) is 4.57 Å². The molecule has 0 saturated heterocycles. The van der Waals surface area contributed by atoms with E-state index in [4.69, 9.17) is 21.1 Å². The van der Waals surface area contributed by atoms with Gasteiger partial charge in [0.1, 0.15) is 5.75 Å². The van der Waals surface area contributed by atoms with E-state index in [1.54, 1.807) is 24.4 Å². The van der Waals surface area contributed by atoms with Crippen LogP contribution >= 0.6 is 11.6 Å². The molecule has 0 radical (unpaired) electrons. The van der Waals surface area contributed by atoms with Crippen molar-refractivity contribution in [1.29, 1.82) is 0 Å². The number of hydrogen-bond acceptors (Lipinski definition) is 4. The van der Waals surface area contributed by atoms with Gasteiger partial charge in [-0.3, -0.25) is 4.79 Å². The summed E-state index contributed by atoms with van der Waals surface area (Å²) in [7, 11) is 1.32. The van der Waals surface area contributed by atoms with Gasteiger partial charge < -0.3 is 14.0 Å². The minimum absolute atomic E-state index is 0.364. The van der Waals surface area contributed by atoms with E-state index < -0.39 is 5.97 Å². The lowest BCUT2D eigenvalue weighted by Gasteiger charge is -2.15. The smallest absolute Gasteiger partial charge is 0.338 e. The van der Waals surface area contributed by atoms with Gasteiger partial charge in [0.05, 0.1) is 25.8 Å². The summed E-state index contributed by atoms with van der Waals surface area (Å²) in [6, 6.07) is 10.8. The average molecular weight is 400 g/mol. The van der Waals surface area contributed by atoms with Crippen LogP contribution in [-0.4, -0.2) is 30.5 Å². The third kappa shape index (κ3) is 4.04. The summed E-state index contributed by atoms with van der Waals surface area (Å²) < 4.78 is 12.7. The molecule has 0 spiro atoms. The molecule has 0 aliphatic rings. The molecule has 0 fully saturated rings. The highest BCUT2D eigenvalue weighted by molar-refractivity contribution is 6.30. The summed E-state index contributed by atoms with van der Waals surface area (Å²) in [6.07, 6.45) is 2.48. The maximum absolute atomic E-state index is 12.1. The molecule has 5 nitrogen and oxygen atoms in total. The molecule has 0 N–H and O–H groups in total. The fourth-order valence-corrected chi connectivity index (χ4v) is 3.33. The van der Waals surface area contributed by atoms with Gasteiger partial charge in [-0.1, -0.05) is 31.5 Å². The number of benzene rings is 2. The van der Waals surface area contributed by atoms with Crippen LogP contribution in [-0.2, 0) is 11.3 Å². The second-order valence-electron chi connectivity index (χ2n) is 6.98. The molecule has 146 valence electrons. The van der Waals surface area contributed by atoms with Gasteiger partial charge in [0.2, 0.25) is 0 Å². The number of nitrogens with zero attached hydrogens (tertiary/aromatic N) is 1. The number of carbonyl (C=O) groups is 2. The zero-order valence-corrected chi connectivity index (χ0v) is 16.8. The highest BCUT2D eigenvalue weighted by Crippen LogP contribution is 2.29. The minimum Gasteiger partial charge on any atom is -0.493 e. The monoisotopic (exact) mass is 399 g/mol. The third-order valence-electron chi connectivity index (χ3n) is 4.40. The van der Waals surface area contributed by atoms with Crippen LogP contribution in [0, 0.1) is 5.92 Å². The van der Waals surface area contributed by atoms with E-state index in [2.05, 4.69) is 13.8 Å². The Morgan fingerprint density at radius 1 is 1.25 bits per heavy atom. The summed E-state index contributed by atoms with van der Waals surface area (Å²) in [5.74, 6) is 0.659. The first-order chi connectivity index (χ1) is 13.4. The largest absolute Gasteiger partial charge is 0.493 e. The third-order valence-corrected chi connectivity index (χ3v) is 4.64. The molecule has 0 amide bonds. The summed E-state index contributed by atoms with van der Waals surface area (Å²) in [4.78, 5) is 23.8. The summed E-state index contributed by atoms with van der Waals surface area (Å²) in [5.41, 5.74) is 2.46. The lowest BCUT2D eigenvalue weighted by atomic mass is 10.1. The van der Waals surface area contributed by atoms with Crippen molar-refractivity contribution >= 4 is 34.8 Å². The summed E-state index contributed by atoms with van der Waals surface area (Å²) in [5, 5.41) is 1.19. The molecule has 6 heteroatoms. The van der Waals surface area contributed by atoms with Crippen molar-refractivity contribution in [2.75, 3.05) is 13.7 Å². The van der Waals surface area contributed by atoms with E-state index >= 15 is 0 Å². The molecule has 3 rings (SSSR count). The number of methoxy groups -OCH3 is 1. The highest BCUT2D eigenvalue weighted by atomic mass is 35.5. The molecule has 28 heavy (non-hydrogen) atoms. The molecule has 0 saturated carbocycles. The molecule has 0 atom stereocenters. The van der Waals surface area contributed by atoms with Gasteiger partial charge in [0.15, 0.2) is 6.29 Å².